The fourth-order valence-corrected chi connectivity index (χ4v) is 7.33. The molecule has 1 fully saturated rings. The van der Waals surface area contributed by atoms with Crippen molar-refractivity contribution in [3.63, 3.8) is 0 Å². The van der Waals surface area contributed by atoms with Gasteiger partial charge >= 0.3 is 0 Å². The van der Waals surface area contributed by atoms with Gasteiger partial charge < -0.3 is 4.74 Å². The zero-order valence-corrected chi connectivity index (χ0v) is 24.2. The van der Waals surface area contributed by atoms with Gasteiger partial charge in [0.25, 0.3) is 0 Å². The fraction of sp³-hybridized carbons (Fsp3) is 0.176. The van der Waals surface area contributed by atoms with Crippen molar-refractivity contribution in [3.8, 4) is 5.75 Å². The predicted molar refractivity (Wildman–Crippen MR) is 162 cm³/mol. The number of anilines is 1. The molecule has 2 atom stereocenters. The number of halogens is 1. The number of methoxy groups -OCH3 is 1. The molecule has 3 aliphatic carbocycles. The van der Waals surface area contributed by atoms with E-state index in [-0.39, 0.29) is 30.1 Å². The first kappa shape index (κ1) is 26.3. The Bertz CT molecular complexity index is 1720. The molecule has 1 saturated heterocycles. The van der Waals surface area contributed by atoms with Crippen LogP contribution in [-0.2, 0) is 26.2 Å². The molecular formula is C34H26BrN3O4. The van der Waals surface area contributed by atoms with Gasteiger partial charge in [0.15, 0.2) is 0 Å². The third-order valence-corrected chi connectivity index (χ3v) is 9.28. The van der Waals surface area contributed by atoms with Gasteiger partial charge in [-0.3, -0.25) is 14.4 Å². The van der Waals surface area contributed by atoms with E-state index in [0.717, 1.165) is 32.3 Å². The monoisotopic (exact) mass is 619 g/mol. The van der Waals surface area contributed by atoms with E-state index in [1.165, 1.54) is 4.90 Å². The highest BCUT2D eigenvalue weighted by atomic mass is 79.9. The van der Waals surface area contributed by atoms with Gasteiger partial charge in [-0.2, -0.15) is 5.10 Å². The van der Waals surface area contributed by atoms with Gasteiger partial charge in [-0.15, -0.1) is 0 Å². The number of imide groups is 1. The summed E-state index contributed by atoms with van der Waals surface area (Å²) in [6.45, 7) is 0. The lowest BCUT2D eigenvalue weighted by molar-refractivity contribution is -0.123. The number of benzene rings is 4. The number of nitrogens with zero attached hydrogens (tertiary/aromatic N) is 2. The number of carbonyl (C=O) groups is 3. The van der Waals surface area contributed by atoms with Crippen LogP contribution in [0.2, 0.25) is 0 Å². The van der Waals surface area contributed by atoms with Crippen molar-refractivity contribution in [1.82, 2.24) is 5.43 Å². The second kappa shape index (κ2) is 10.1. The molecule has 0 aromatic heterocycles. The lowest BCUT2D eigenvalue weighted by atomic mass is 9.47. The zero-order valence-electron chi connectivity index (χ0n) is 22.7. The van der Waals surface area contributed by atoms with Crippen LogP contribution in [0, 0.1) is 11.8 Å². The minimum atomic E-state index is -1.04. The summed E-state index contributed by atoms with van der Waals surface area (Å²) in [7, 11) is 1.59. The van der Waals surface area contributed by atoms with Crippen molar-refractivity contribution in [2.24, 2.45) is 16.9 Å². The van der Waals surface area contributed by atoms with E-state index in [2.05, 4.69) is 26.5 Å². The van der Waals surface area contributed by atoms with Crippen molar-refractivity contribution in [1.29, 1.82) is 0 Å². The van der Waals surface area contributed by atoms with Crippen molar-refractivity contribution < 1.29 is 19.1 Å². The third kappa shape index (κ3) is 3.85. The Morgan fingerprint density at radius 1 is 0.905 bits per heavy atom. The molecule has 4 aromatic carbocycles. The summed E-state index contributed by atoms with van der Waals surface area (Å²) in [4.78, 5) is 42.8. The molecule has 8 rings (SSSR count). The van der Waals surface area contributed by atoms with Crippen LogP contribution in [0.15, 0.2) is 107 Å². The average molecular weight is 621 g/mol. The number of rotatable bonds is 6. The first-order valence-electron chi connectivity index (χ1n) is 13.7. The molecule has 1 aliphatic heterocycles. The van der Waals surface area contributed by atoms with E-state index in [0.29, 0.717) is 11.4 Å². The molecule has 3 amide bonds. The number of amides is 3. The Morgan fingerprint density at radius 3 is 2.14 bits per heavy atom. The van der Waals surface area contributed by atoms with Crippen molar-refractivity contribution >= 4 is 45.6 Å². The highest BCUT2D eigenvalue weighted by molar-refractivity contribution is 9.10. The van der Waals surface area contributed by atoms with Crippen molar-refractivity contribution in [2.45, 2.75) is 17.8 Å². The molecule has 1 N–H and O–H groups in total. The quantitative estimate of drug-likeness (QED) is 0.179. The van der Waals surface area contributed by atoms with E-state index >= 15 is 0 Å². The Labute approximate surface area is 251 Å². The highest BCUT2D eigenvalue weighted by Gasteiger charge is 2.68. The van der Waals surface area contributed by atoms with Crippen LogP contribution in [0.3, 0.4) is 0 Å². The summed E-state index contributed by atoms with van der Waals surface area (Å²) in [5.41, 5.74) is 6.87. The van der Waals surface area contributed by atoms with Crippen LogP contribution in [0.5, 0.6) is 5.75 Å². The Balaban J connectivity index is 1.32. The van der Waals surface area contributed by atoms with Gasteiger partial charge in [-0.05, 0) is 64.2 Å². The maximum atomic E-state index is 14.4. The first-order valence-corrected chi connectivity index (χ1v) is 14.5. The standard InChI is InChI=1S/C34H26BrN3O4/c1-42-23-16-10-20(11-17-23)18-28(39)37-36-19-34-26-8-4-2-6-24(26)29(25-7-3-5-9-27(25)34)30-31(34)33(41)38(32(30)40)22-14-12-21(35)13-15-22/h2-17,19,29-31H,18H2,1H3,(H,37,39)/b36-19+. The largest absolute Gasteiger partial charge is 0.497 e. The SMILES string of the molecule is COc1ccc(CC(=O)N/N=C/C23c4ccccc4C(c4ccccc42)C2C(=O)N(c4ccc(Br)cc4)C(=O)C23)cc1. The molecule has 1 heterocycles. The predicted octanol–water partition coefficient (Wildman–Crippen LogP) is 5.35. The van der Waals surface area contributed by atoms with E-state index in [1.807, 2.05) is 72.8 Å². The topological polar surface area (TPSA) is 88.1 Å². The number of ether oxygens (including phenoxy) is 1. The van der Waals surface area contributed by atoms with Gasteiger partial charge in [0.1, 0.15) is 5.75 Å². The minimum absolute atomic E-state index is 0.129. The average Bonchev–Trinajstić information content (AvgIpc) is 3.28. The summed E-state index contributed by atoms with van der Waals surface area (Å²) in [5, 5.41) is 4.48. The van der Waals surface area contributed by atoms with Gasteiger partial charge in [-0.1, -0.05) is 76.6 Å². The van der Waals surface area contributed by atoms with E-state index < -0.39 is 17.3 Å². The van der Waals surface area contributed by atoms with Crippen LogP contribution in [0.25, 0.3) is 0 Å². The number of hydrazone groups is 1. The molecule has 8 heteroatoms. The lowest BCUT2D eigenvalue weighted by Gasteiger charge is -2.52. The second-order valence-electron chi connectivity index (χ2n) is 10.8. The summed E-state index contributed by atoms with van der Waals surface area (Å²) in [6.07, 6.45) is 1.81. The van der Waals surface area contributed by atoms with Crippen LogP contribution in [-0.4, -0.2) is 31.0 Å². The number of hydrogen-bond donors (Lipinski definition) is 1. The molecule has 7 nitrogen and oxygen atoms in total. The Kier molecular flexibility index (Phi) is 6.31. The summed E-state index contributed by atoms with van der Waals surface area (Å²) >= 11 is 3.44. The maximum absolute atomic E-state index is 14.4. The summed E-state index contributed by atoms with van der Waals surface area (Å²) in [5.74, 6) is -1.65. The first-order chi connectivity index (χ1) is 20.4. The zero-order chi connectivity index (χ0) is 29.0. The van der Waals surface area contributed by atoms with Crippen LogP contribution in [0.4, 0.5) is 5.69 Å². The molecule has 42 heavy (non-hydrogen) atoms. The van der Waals surface area contributed by atoms with E-state index in [9.17, 15) is 14.4 Å². The van der Waals surface area contributed by atoms with Crippen LogP contribution in [0.1, 0.15) is 33.7 Å². The number of hydrogen-bond acceptors (Lipinski definition) is 5. The van der Waals surface area contributed by atoms with Gasteiger partial charge in [0.05, 0.1) is 36.5 Å². The van der Waals surface area contributed by atoms with Crippen LogP contribution >= 0.6 is 15.9 Å². The van der Waals surface area contributed by atoms with Gasteiger partial charge in [-0.25, -0.2) is 10.3 Å². The van der Waals surface area contributed by atoms with Gasteiger partial charge in [0, 0.05) is 16.6 Å². The number of carbonyl (C=O) groups excluding carboxylic acids is 3. The summed E-state index contributed by atoms with van der Waals surface area (Å²) in [6, 6.07) is 30.4. The second-order valence-corrected chi connectivity index (χ2v) is 11.7. The van der Waals surface area contributed by atoms with E-state index in [4.69, 9.17) is 4.74 Å². The molecule has 208 valence electrons. The third-order valence-electron chi connectivity index (χ3n) is 8.75. The highest BCUT2D eigenvalue weighted by Crippen LogP contribution is 2.63. The molecule has 4 aliphatic rings. The van der Waals surface area contributed by atoms with Crippen LogP contribution < -0.4 is 15.1 Å². The minimum Gasteiger partial charge on any atom is -0.497 e. The van der Waals surface area contributed by atoms with E-state index in [1.54, 1.807) is 37.6 Å². The normalized spacial score (nSPS) is 23.5. The maximum Gasteiger partial charge on any atom is 0.244 e. The van der Waals surface area contributed by atoms with Gasteiger partial charge in [0.2, 0.25) is 17.7 Å². The Morgan fingerprint density at radius 2 is 1.52 bits per heavy atom. The number of nitrogens with one attached hydrogen (secondary N) is 1. The molecule has 2 unspecified atom stereocenters. The van der Waals surface area contributed by atoms with Crippen molar-refractivity contribution in [3.05, 3.63) is 129 Å². The smallest absolute Gasteiger partial charge is 0.244 e. The summed E-state index contributed by atoms with van der Waals surface area (Å²) < 4.78 is 6.06. The van der Waals surface area contributed by atoms with Crippen molar-refractivity contribution in [2.75, 3.05) is 12.0 Å². The molecule has 0 saturated carbocycles. The molecular weight excluding hydrogens is 594 g/mol. The molecule has 0 spiro atoms. The Hall–Kier alpha value is -4.56. The molecule has 4 aromatic rings. The lowest BCUT2D eigenvalue weighted by Crippen LogP contribution is -2.54. The fourth-order valence-electron chi connectivity index (χ4n) is 7.07. The molecule has 0 radical (unpaired) electrons. The molecule has 2 bridgehead atoms.